The average molecular weight is 390 g/mol. The summed E-state index contributed by atoms with van der Waals surface area (Å²) in [5.41, 5.74) is 5.28. The summed E-state index contributed by atoms with van der Waals surface area (Å²) in [4.78, 5) is 18.5. The second kappa shape index (κ2) is 7.69. The number of aromatic nitrogens is 4. The van der Waals surface area contributed by atoms with Crippen LogP contribution in [0.3, 0.4) is 0 Å². The van der Waals surface area contributed by atoms with Gasteiger partial charge in [0.15, 0.2) is 0 Å². The number of nitrogens with one attached hydrogen (secondary N) is 1. The highest BCUT2D eigenvalue weighted by molar-refractivity contribution is 5.99. The standard InChI is InChI=1S/C21H26N8/c1-27-15-16(17-8-2-3-9-18(17)27)14-22-26-19-23-20(28-10-4-5-11-28)25-21(24-19)29-12-6-7-13-29/h2-3,8-9,14-15H,4-7,10-13H2,1H3,(H,23,24,25,26)/b22-14-. The van der Waals surface area contributed by atoms with E-state index in [-0.39, 0.29) is 0 Å². The molecule has 0 unspecified atom stereocenters. The van der Waals surface area contributed by atoms with Crippen molar-refractivity contribution in [1.82, 2.24) is 19.5 Å². The van der Waals surface area contributed by atoms with Gasteiger partial charge in [-0.2, -0.15) is 20.1 Å². The van der Waals surface area contributed by atoms with E-state index in [1.54, 1.807) is 0 Å². The van der Waals surface area contributed by atoms with Gasteiger partial charge in [-0.05, 0) is 31.7 Å². The van der Waals surface area contributed by atoms with Gasteiger partial charge < -0.3 is 14.4 Å². The Morgan fingerprint density at radius 2 is 1.52 bits per heavy atom. The Morgan fingerprint density at radius 3 is 2.17 bits per heavy atom. The van der Waals surface area contributed by atoms with Crippen molar-refractivity contribution in [3.8, 4) is 0 Å². The van der Waals surface area contributed by atoms with Crippen LogP contribution >= 0.6 is 0 Å². The number of hydrogen-bond acceptors (Lipinski definition) is 7. The van der Waals surface area contributed by atoms with Crippen molar-refractivity contribution in [2.75, 3.05) is 41.4 Å². The first-order chi connectivity index (χ1) is 14.3. The fraction of sp³-hybridized carbons (Fsp3) is 0.429. The second-order valence-corrected chi connectivity index (χ2v) is 7.73. The molecule has 0 radical (unpaired) electrons. The van der Waals surface area contributed by atoms with E-state index in [0.29, 0.717) is 5.95 Å². The fourth-order valence-corrected chi connectivity index (χ4v) is 4.16. The molecule has 2 saturated heterocycles. The van der Waals surface area contributed by atoms with Gasteiger partial charge in [0.2, 0.25) is 17.8 Å². The molecule has 0 saturated carbocycles. The van der Waals surface area contributed by atoms with Gasteiger partial charge in [-0.25, -0.2) is 5.43 Å². The minimum Gasteiger partial charge on any atom is -0.350 e. The molecule has 0 aliphatic carbocycles. The van der Waals surface area contributed by atoms with E-state index in [9.17, 15) is 0 Å². The second-order valence-electron chi connectivity index (χ2n) is 7.73. The van der Waals surface area contributed by atoms with Crippen molar-refractivity contribution in [3.05, 3.63) is 36.0 Å². The largest absolute Gasteiger partial charge is 0.350 e. The molecule has 0 atom stereocenters. The lowest BCUT2D eigenvalue weighted by atomic mass is 10.2. The normalized spacial score (nSPS) is 17.1. The predicted octanol–water partition coefficient (Wildman–Crippen LogP) is 3.01. The number of nitrogens with zero attached hydrogens (tertiary/aromatic N) is 7. The first kappa shape index (κ1) is 17.9. The Kier molecular flexibility index (Phi) is 4.75. The SMILES string of the molecule is Cn1cc(/C=N\Nc2nc(N3CCCC3)nc(N3CCCC3)n2)c2ccccc21. The van der Waals surface area contributed by atoms with Crippen LogP contribution in [0.2, 0.25) is 0 Å². The van der Waals surface area contributed by atoms with Gasteiger partial charge in [-0.1, -0.05) is 18.2 Å². The molecule has 1 aromatic carbocycles. The molecular formula is C21H26N8. The van der Waals surface area contributed by atoms with Crippen molar-refractivity contribution >= 4 is 35.0 Å². The van der Waals surface area contributed by atoms with E-state index in [1.807, 2.05) is 25.4 Å². The lowest BCUT2D eigenvalue weighted by Gasteiger charge is -2.20. The molecule has 3 aromatic rings. The molecule has 0 bridgehead atoms. The molecule has 29 heavy (non-hydrogen) atoms. The zero-order valence-electron chi connectivity index (χ0n) is 16.8. The molecule has 8 heteroatoms. The monoisotopic (exact) mass is 390 g/mol. The van der Waals surface area contributed by atoms with Gasteiger partial charge in [-0.15, -0.1) is 0 Å². The molecule has 1 N–H and O–H groups in total. The van der Waals surface area contributed by atoms with Crippen LogP contribution in [0.5, 0.6) is 0 Å². The molecule has 2 aliphatic rings. The number of aryl methyl sites for hydroxylation is 1. The van der Waals surface area contributed by atoms with Gasteiger partial charge in [-0.3, -0.25) is 0 Å². The Morgan fingerprint density at radius 1 is 0.897 bits per heavy atom. The summed E-state index contributed by atoms with van der Waals surface area (Å²) in [5, 5.41) is 5.61. The number of fused-ring (bicyclic) bond motifs is 1. The molecular weight excluding hydrogens is 364 g/mol. The lowest BCUT2D eigenvalue weighted by molar-refractivity contribution is 0.838. The summed E-state index contributed by atoms with van der Waals surface area (Å²) < 4.78 is 2.11. The van der Waals surface area contributed by atoms with Crippen molar-refractivity contribution in [2.24, 2.45) is 12.1 Å². The number of para-hydroxylation sites is 1. The van der Waals surface area contributed by atoms with Crippen LogP contribution in [0.25, 0.3) is 10.9 Å². The molecule has 8 nitrogen and oxygen atoms in total. The molecule has 0 amide bonds. The maximum atomic E-state index is 4.74. The van der Waals surface area contributed by atoms with E-state index < -0.39 is 0 Å². The van der Waals surface area contributed by atoms with Crippen molar-refractivity contribution in [3.63, 3.8) is 0 Å². The molecule has 5 rings (SSSR count). The highest BCUT2D eigenvalue weighted by Crippen LogP contribution is 2.23. The zero-order chi connectivity index (χ0) is 19.6. The topological polar surface area (TPSA) is 74.5 Å². The minimum absolute atomic E-state index is 0.500. The van der Waals surface area contributed by atoms with Gasteiger partial charge in [0.25, 0.3) is 0 Å². The average Bonchev–Trinajstić information content (AvgIpc) is 3.51. The zero-order valence-corrected chi connectivity index (χ0v) is 16.8. The molecule has 0 spiro atoms. The minimum atomic E-state index is 0.500. The highest BCUT2D eigenvalue weighted by atomic mass is 15.4. The fourth-order valence-electron chi connectivity index (χ4n) is 4.16. The Balaban J connectivity index is 1.41. The number of hydrazone groups is 1. The molecule has 4 heterocycles. The first-order valence-electron chi connectivity index (χ1n) is 10.4. The van der Waals surface area contributed by atoms with Gasteiger partial charge >= 0.3 is 0 Å². The predicted molar refractivity (Wildman–Crippen MR) is 117 cm³/mol. The molecule has 2 aromatic heterocycles. The van der Waals surface area contributed by atoms with Crippen LogP contribution in [0.4, 0.5) is 17.8 Å². The smallest absolute Gasteiger partial charge is 0.250 e. The third-order valence-electron chi connectivity index (χ3n) is 5.69. The lowest BCUT2D eigenvalue weighted by Crippen LogP contribution is -2.25. The van der Waals surface area contributed by atoms with E-state index >= 15 is 0 Å². The van der Waals surface area contributed by atoms with Crippen LogP contribution in [-0.2, 0) is 7.05 Å². The van der Waals surface area contributed by atoms with E-state index in [2.05, 4.69) is 53.2 Å². The number of benzene rings is 1. The number of rotatable bonds is 5. The summed E-state index contributed by atoms with van der Waals surface area (Å²) in [5.74, 6) is 2.00. The summed E-state index contributed by atoms with van der Waals surface area (Å²) in [7, 11) is 2.05. The number of hydrogen-bond donors (Lipinski definition) is 1. The van der Waals surface area contributed by atoms with Crippen LogP contribution < -0.4 is 15.2 Å². The van der Waals surface area contributed by atoms with Gasteiger partial charge in [0.1, 0.15) is 0 Å². The number of anilines is 3. The quantitative estimate of drug-likeness (QED) is 0.533. The van der Waals surface area contributed by atoms with Gasteiger partial charge in [0.05, 0.1) is 6.21 Å². The maximum absolute atomic E-state index is 4.74. The summed E-state index contributed by atoms with van der Waals surface area (Å²) in [6, 6.07) is 8.31. The Bertz CT molecular complexity index is 994. The third-order valence-corrected chi connectivity index (χ3v) is 5.69. The molecule has 2 fully saturated rings. The molecule has 150 valence electrons. The first-order valence-corrected chi connectivity index (χ1v) is 10.4. The van der Waals surface area contributed by atoms with E-state index in [0.717, 1.165) is 43.6 Å². The Hall–Kier alpha value is -3.16. The maximum Gasteiger partial charge on any atom is 0.250 e. The van der Waals surface area contributed by atoms with Crippen LogP contribution in [-0.4, -0.2) is 51.9 Å². The summed E-state index contributed by atoms with van der Waals surface area (Å²) in [6.45, 7) is 4.01. The van der Waals surface area contributed by atoms with Gasteiger partial charge in [0, 0.05) is 55.9 Å². The van der Waals surface area contributed by atoms with Crippen LogP contribution in [0.15, 0.2) is 35.6 Å². The summed E-state index contributed by atoms with van der Waals surface area (Å²) >= 11 is 0. The van der Waals surface area contributed by atoms with Crippen molar-refractivity contribution in [2.45, 2.75) is 25.7 Å². The van der Waals surface area contributed by atoms with E-state index in [4.69, 9.17) is 4.98 Å². The van der Waals surface area contributed by atoms with Crippen LogP contribution in [0, 0.1) is 0 Å². The third kappa shape index (κ3) is 3.62. The van der Waals surface area contributed by atoms with Crippen molar-refractivity contribution in [1.29, 1.82) is 0 Å². The summed E-state index contributed by atoms with van der Waals surface area (Å²) in [6.07, 6.45) is 8.66. The molecule has 2 aliphatic heterocycles. The van der Waals surface area contributed by atoms with Crippen LogP contribution in [0.1, 0.15) is 31.2 Å². The van der Waals surface area contributed by atoms with Crippen molar-refractivity contribution < 1.29 is 0 Å². The highest BCUT2D eigenvalue weighted by Gasteiger charge is 2.21. The Labute approximate surface area is 170 Å². The van der Waals surface area contributed by atoms with E-state index in [1.165, 1.54) is 36.6 Å².